The quantitative estimate of drug-likeness (QED) is 0.697. The lowest BCUT2D eigenvalue weighted by Crippen LogP contribution is -2.19. The van der Waals surface area contributed by atoms with E-state index >= 15 is 0 Å². The summed E-state index contributed by atoms with van der Waals surface area (Å²) in [7, 11) is 0. The zero-order valence-corrected chi connectivity index (χ0v) is 15.4. The summed E-state index contributed by atoms with van der Waals surface area (Å²) in [5.41, 5.74) is 1.54. The highest BCUT2D eigenvalue weighted by atomic mass is 16.5. The molecule has 1 amide bonds. The van der Waals surface area contributed by atoms with E-state index in [-0.39, 0.29) is 17.4 Å². The lowest BCUT2D eigenvalue weighted by molar-refractivity contribution is 0.102. The first kappa shape index (κ1) is 18.4. The molecule has 3 aromatic rings. The van der Waals surface area contributed by atoms with Gasteiger partial charge in [0.15, 0.2) is 0 Å². The molecule has 0 aliphatic carbocycles. The van der Waals surface area contributed by atoms with Crippen molar-refractivity contribution < 1.29 is 9.53 Å². The molecule has 8 nitrogen and oxygen atoms in total. The summed E-state index contributed by atoms with van der Waals surface area (Å²) in [5, 5.41) is 7.15. The van der Waals surface area contributed by atoms with Crippen molar-refractivity contribution in [2.45, 2.75) is 27.2 Å². The van der Waals surface area contributed by atoms with E-state index in [2.05, 4.69) is 20.4 Å². The number of anilines is 1. The van der Waals surface area contributed by atoms with Gasteiger partial charge in [-0.3, -0.25) is 14.6 Å². The van der Waals surface area contributed by atoms with Gasteiger partial charge >= 0.3 is 0 Å². The molecule has 0 spiro atoms. The summed E-state index contributed by atoms with van der Waals surface area (Å²) in [6, 6.07) is 10.0. The second-order valence-electron chi connectivity index (χ2n) is 5.91. The molecule has 2 N–H and O–H groups in total. The van der Waals surface area contributed by atoms with Crippen LogP contribution in [0.4, 0.5) is 5.82 Å². The lowest BCUT2D eigenvalue weighted by Gasteiger charge is -2.09. The average Bonchev–Trinajstić information content (AvgIpc) is 3.02. The van der Waals surface area contributed by atoms with Crippen molar-refractivity contribution in [3.05, 3.63) is 63.7 Å². The van der Waals surface area contributed by atoms with Crippen LogP contribution >= 0.6 is 0 Å². The number of carbonyl (C=O) groups excluding carboxylic acids is 1. The molecule has 0 radical (unpaired) electrons. The molecule has 8 heteroatoms. The molecule has 0 aliphatic heterocycles. The fourth-order valence-corrected chi connectivity index (χ4v) is 2.58. The number of carbonyl (C=O) groups is 1. The van der Waals surface area contributed by atoms with Gasteiger partial charge < -0.3 is 10.1 Å². The van der Waals surface area contributed by atoms with Crippen LogP contribution in [0.2, 0.25) is 0 Å². The highest BCUT2D eigenvalue weighted by molar-refractivity contribution is 6.04. The predicted octanol–water partition coefficient (Wildman–Crippen LogP) is 2.48. The van der Waals surface area contributed by atoms with Crippen LogP contribution in [-0.2, 0) is 6.42 Å². The molecular formula is C19H21N5O3. The average molecular weight is 367 g/mol. The van der Waals surface area contributed by atoms with Crippen molar-refractivity contribution in [3.63, 3.8) is 0 Å². The number of nitrogens with one attached hydrogen (secondary N) is 2. The normalized spacial score (nSPS) is 10.6. The first-order chi connectivity index (χ1) is 13.0. The second-order valence-corrected chi connectivity index (χ2v) is 5.91. The largest absolute Gasteiger partial charge is 0.494 e. The topological polar surface area (TPSA) is 102 Å². The lowest BCUT2D eigenvalue weighted by atomic mass is 10.2. The van der Waals surface area contributed by atoms with Gasteiger partial charge in [0.25, 0.3) is 11.5 Å². The Kier molecular flexibility index (Phi) is 5.35. The molecule has 3 rings (SSSR count). The van der Waals surface area contributed by atoms with Gasteiger partial charge in [0.2, 0.25) is 5.95 Å². The minimum atomic E-state index is -0.298. The second kappa shape index (κ2) is 7.86. The molecule has 0 unspecified atom stereocenters. The number of aromatic nitrogens is 4. The minimum Gasteiger partial charge on any atom is -0.494 e. The number of rotatable bonds is 6. The van der Waals surface area contributed by atoms with Crippen LogP contribution in [0.1, 0.15) is 35.6 Å². The Bertz CT molecular complexity index is 1000. The van der Waals surface area contributed by atoms with Gasteiger partial charge in [-0.25, -0.2) is 4.98 Å². The van der Waals surface area contributed by atoms with Crippen LogP contribution in [0, 0.1) is 6.92 Å². The Hall–Kier alpha value is -3.42. The van der Waals surface area contributed by atoms with Gasteiger partial charge in [0.05, 0.1) is 12.3 Å². The zero-order valence-electron chi connectivity index (χ0n) is 15.4. The van der Waals surface area contributed by atoms with Gasteiger partial charge in [0.1, 0.15) is 11.6 Å². The smallest absolute Gasteiger partial charge is 0.256 e. The maximum absolute atomic E-state index is 12.6. The van der Waals surface area contributed by atoms with Crippen LogP contribution in [0.5, 0.6) is 5.75 Å². The van der Waals surface area contributed by atoms with Crippen LogP contribution in [0.25, 0.3) is 5.95 Å². The Labute approximate surface area is 156 Å². The molecule has 0 bridgehead atoms. The van der Waals surface area contributed by atoms with Crippen molar-refractivity contribution in [3.8, 4) is 11.7 Å². The molecule has 0 saturated carbocycles. The standard InChI is InChI=1S/C19H21N5O3/c1-4-14-11-17(25)22-19(20-14)24-16(10-12(3)23-24)21-18(26)13-6-8-15(9-7-13)27-5-2/h6-11H,4-5H2,1-3H3,(H,21,26)(H,20,22,25). The number of hydrogen-bond donors (Lipinski definition) is 2. The van der Waals surface area contributed by atoms with Crippen LogP contribution < -0.4 is 15.6 Å². The predicted molar refractivity (Wildman–Crippen MR) is 102 cm³/mol. The van der Waals surface area contributed by atoms with Crippen molar-refractivity contribution >= 4 is 11.7 Å². The maximum Gasteiger partial charge on any atom is 0.256 e. The Morgan fingerprint density at radius 1 is 1.22 bits per heavy atom. The van der Waals surface area contributed by atoms with E-state index in [9.17, 15) is 9.59 Å². The van der Waals surface area contributed by atoms with E-state index < -0.39 is 0 Å². The summed E-state index contributed by atoms with van der Waals surface area (Å²) in [5.74, 6) is 1.08. The number of H-pyrrole nitrogens is 1. The molecule has 0 fully saturated rings. The molecule has 2 heterocycles. The third kappa shape index (κ3) is 4.22. The molecule has 27 heavy (non-hydrogen) atoms. The molecule has 140 valence electrons. The number of aromatic amines is 1. The SMILES string of the molecule is CCOc1ccc(C(=O)Nc2cc(C)nn2-c2nc(CC)cc(=O)[nH]2)cc1. The Balaban J connectivity index is 1.89. The third-order valence-electron chi connectivity index (χ3n) is 3.85. The van der Waals surface area contributed by atoms with Crippen molar-refractivity contribution in [2.24, 2.45) is 0 Å². The molecular weight excluding hydrogens is 346 g/mol. The summed E-state index contributed by atoms with van der Waals surface area (Å²) in [6.07, 6.45) is 0.616. The van der Waals surface area contributed by atoms with E-state index in [1.807, 2.05) is 13.8 Å². The number of nitrogens with zero attached hydrogens (tertiary/aromatic N) is 3. The number of aryl methyl sites for hydroxylation is 2. The molecule has 0 aliphatic rings. The molecule has 1 aromatic carbocycles. The highest BCUT2D eigenvalue weighted by Gasteiger charge is 2.14. The third-order valence-corrected chi connectivity index (χ3v) is 3.85. The fraction of sp³-hybridized carbons (Fsp3) is 0.263. The Morgan fingerprint density at radius 3 is 2.63 bits per heavy atom. The van der Waals surface area contributed by atoms with Gasteiger partial charge in [0, 0.05) is 23.4 Å². The first-order valence-electron chi connectivity index (χ1n) is 8.71. The van der Waals surface area contributed by atoms with Gasteiger partial charge in [-0.15, -0.1) is 0 Å². The number of hydrogen-bond acceptors (Lipinski definition) is 5. The van der Waals surface area contributed by atoms with E-state index in [1.54, 1.807) is 37.3 Å². The van der Waals surface area contributed by atoms with E-state index in [0.717, 1.165) is 0 Å². The molecule has 0 saturated heterocycles. The zero-order chi connectivity index (χ0) is 19.4. The summed E-state index contributed by atoms with van der Waals surface area (Å²) >= 11 is 0. The van der Waals surface area contributed by atoms with Crippen LogP contribution in [0.15, 0.2) is 41.2 Å². The summed E-state index contributed by atoms with van der Waals surface area (Å²) in [6.45, 7) is 6.17. The van der Waals surface area contributed by atoms with Crippen molar-refractivity contribution in [2.75, 3.05) is 11.9 Å². The molecule has 2 aromatic heterocycles. The maximum atomic E-state index is 12.6. The van der Waals surface area contributed by atoms with Crippen molar-refractivity contribution in [1.82, 2.24) is 19.7 Å². The number of benzene rings is 1. The summed E-state index contributed by atoms with van der Waals surface area (Å²) in [4.78, 5) is 31.5. The first-order valence-corrected chi connectivity index (χ1v) is 8.71. The van der Waals surface area contributed by atoms with Crippen LogP contribution in [-0.4, -0.2) is 32.3 Å². The monoisotopic (exact) mass is 367 g/mol. The minimum absolute atomic E-state index is 0.259. The highest BCUT2D eigenvalue weighted by Crippen LogP contribution is 2.17. The van der Waals surface area contributed by atoms with Gasteiger partial charge in [-0.05, 0) is 44.5 Å². The van der Waals surface area contributed by atoms with Gasteiger partial charge in [-0.2, -0.15) is 9.78 Å². The summed E-state index contributed by atoms with van der Waals surface area (Å²) < 4.78 is 6.80. The van der Waals surface area contributed by atoms with Crippen molar-refractivity contribution in [1.29, 1.82) is 0 Å². The number of ether oxygens (including phenoxy) is 1. The van der Waals surface area contributed by atoms with E-state index in [1.165, 1.54) is 10.7 Å². The molecule has 0 atom stereocenters. The van der Waals surface area contributed by atoms with Gasteiger partial charge in [-0.1, -0.05) is 6.92 Å². The Morgan fingerprint density at radius 2 is 1.96 bits per heavy atom. The van der Waals surface area contributed by atoms with E-state index in [0.29, 0.717) is 41.5 Å². The number of amides is 1. The van der Waals surface area contributed by atoms with Crippen LogP contribution in [0.3, 0.4) is 0 Å². The fourth-order valence-electron chi connectivity index (χ4n) is 2.58. The van der Waals surface area contributed by atoms with E-state index in [4.69, 9.17) is 4.74 Å².